The van der Waals surface area contributed by atoms with Gasteiger partial charge < -0.3 is 9.84 Å². The van der Waals surface area contributed by atoms with Gasteiger partial charge in [0.05, 0.1) is 19.3 Å². The molecule has 0 aromatic carbocycles. The smallest absolute Gasteiger partial charge is 0.281 e. The lowest BCUT2D eigenvalue weighted by molar-refractivity contribution is 0.00272. The quantitative estimate of drug-likeness (QED) is 0.700. The Bertz CT molecular complexity index is 297. The van der Waals surface area contributed by atoms with Gasteiger partial charge in [0.2, 0.25) is 0 Å². The van der Waals surface area contributed by atoms with Gasteiger partial charge in [-0.15, -0.1) is 0 Å². The third kappa shape index (κ3) is 3.39. The van der Waals surface area contributed by atoms with Crippen molar-refractivity contribution in [2.24, 2.45) is 0 Å². The Morgan fingerprint density at radius 3 is 2.38 bits per heavy atom. The molecule has 0 saturated carbocycles. The summed E-state index contributed by atoms with van der Waals surface area (Å²) in [5.41, 5.74) is 0. The van der Waals surface area contributed by atoms with Gasteiger partial charge in [-0.25, -0.2) is 0 Å². The topological polar surface area (TPSA) is 70.1 Å². The molecule has 0 aromatic rings. The Morgan fingerprint density at radius 1 is 1.38 bits per heavy atom. The van der Waals surface area contributed by atoms with Crippen molar-refractivity contribution >= 4 is 10.2 Å². The Hall–Kier alpha value is -0.210. The molecule has 16 heavy (non-hydrogen) atoms. The van der Waals surface area contributed by atoms with Crippen molar-refractivity contribution < 1.29 is 18.3 Å². The first-order valence-electron chi connectivity index (χ1n) is 5.38. The first kappa shape index (κ1) is 13.9. The summed E-state index contributed by atoms with van der Waals surface area (Å²) in [6, 6.07) is 0. The van der Waals surface area contributed by atoms with Gasteiger partial charge in [0.15, 0.2) is 0 Å². The molecule has 1 N–H and O–H groups in total. The minimum Gasteiger partial charge on any atom is -0.394 e. The van der Waals surface area contributed by atoms with Crippen LogP contribution < -0.4 is 0 Å². The molecule has 0 amide bonds. The van der Waals surface area contributed by atoms with Gasteiger partial charge >= 0.3 is 0 Å². The van der Waals surface area contributed by atoms with E-state index in [1.54, 1.807) is 0 Å². The van der Waals surface area contributed by atoms with E-state index < -0.39 is 10.2 Å². The summed E-state index contributed by atoms with van der Waals surface area (Å²) in [6.07, 6.45) is 1.45. The molecule has 0 bridgehead atoms. The van der Waals surface area contributed by atoms with Crippen LogP contribution >= 0.6 is 0 Å². The standard InChI is InChI=1S/C9H20N2O4S/c1-10(2)16(13,14)11-5-3-9(4-6-11)15-8-7-12/h9,12H,3-8H2,1-2H3. The first-order chi connectivity index (χ1) is 7.48. The van der Waals surface area contributed by atoms with Gasteiger partial charge in [-0.1, -0.05) is 0 Å². The maximum Gasteiger partial charge on any atom is 0.281 e. The fourth-order valence-electron chi connectivity index (χ4n) is 1.68. The average molecular weight is 252 g/mol. The molecule has 7 heteroatoms. The summed E-state index contributed by atoms with van der Waals surface area (Å²) in [5.74, 6) is 0. The zero-order chi connectivity index (χ0) is 12.2. The lowest BCUT2D eigenvalue weighted by atomic mass is 10.1. The number of hydrogen-bond donors (Lipinski definition) is 1. The highest BCUT2D eigenvalue weighted by Gasteiger charge is 2.29. The third-order valence-corrected chi connectivity index (χ3v) is 4.57. The monoisotopic (exact) mass is 252 g/mol. The lowest BCUT2D eigenvalue weighted by Gasteiger charge is -2.32. The number of nitrogens with zero attached hydrogens (tertiary/aromatic N) is 2. The normalized spacial score (nSPS) is 20.5. The summed E-state index contributed by atoms with van der Waals surface area (Å²) < 4.78 is 31.6. The van der Waals surface area contributed by atoms with Crippen LogP contribution in [0, 0.1) is 0 Å². The van der Waals surface area contributed by atoms with E-state index in [0.717, 1.165) is 0 Å². The van der Waals surface area contributed by atoms with Crippen molar-refractivity contribution in [1.82, 2.24) is 8.61 Å². The van der Waals surface area contributed by atoms with E-state index in [1.807, 2.05) is 0 Å². The SMILES string of the molecule is CN(C)S(=O)(=O)N1CCC(OCCO)CC1. The van der Waals surface area contributed by atoms with Gasteiger partial charge in [-0.05, 0) is 12.8 Å². The predicted octanol–water partition coefficient (Wildman–Crippen LogP) is -0.734. The van der Waals surface area contributed by atoms with Crippen molar-refractivity contribution in [3.05, 3.63) is 0 Å². The second kappa shape index (κ2) is 5.92. The van der Waals surface area contributed by atoms with Crippen molar-refractivity contribution in [3.63, 3.8) is 0 Å². The molecule has 0 radical (unpaired) electrons. The number of aliphatic hydroxyl groups excluding tert-OH is 1. The number of hydrogen-bond acceptors (Lipinski definition) is 4. The fourth-order valence-corrected chi connectivity index (χ4v) is 2.81. The zero-order valence-corrected chi connectivity index (χ0v) is 10.6. The molecule has 6 nitrogen and oxygen atoms in total. The van der Waals surface area contributed by atoms with E-state index in [1.165, 1.54) is 22.7 Å². The molecule has 1 heterocycles. The van der Waals surface area contributed by atoms with Crippen LogP contribution in [0.5, 0.6) is 0 Å². The van der Waals surface area contributed by atoms with E-state index in [9.17, 15) is 8.42 Å². The van der Waals surface area contributed by atoms with E-state index in [2.05, 4.69) is 0 Å². The summed E-state index contributed by atoms with van der Waals surface area (Å²) in [7, 11) is -0.219. The molecule has 0 aliphatic carbocycles. The number of rotatable bonds is 5. The molecule has 1 rings (SSSR count). The number of ether oxygens (including phenoxy) is 1. The molecule has 96 valence electrons. The highest BCUT2D eigenvalue weighted by Crippen LogP contribution is 2.17. The van der Waals surface area contributed by atoms with E-state index in [-0.39, 0.29) is 12.7 Å². The van der Waals surface area contributed by atoms with Crippen molar-refractivity contribution in [2.75, 3.05) is 40.4 Å². The summed E-state index contributed by atoms with van der Waals surface area (Å²) in [4.78, 5) is 0. The maximum atomic E-state index is 11.8. The van der Waals surface area contributed by atoms with Crippen LogP contribution in [0.4, 0.5) is 0 Å². The van der Waals surface area contributed by atoms with Gasteiger partial charge in [0.25, 0.3) is 10.2 Å². The predicted molar refractivity (Wildman–Crippen MR) is 60.2 cm³/mol. The van der Waals surface area contributed by atoms with Crippen molar-refractivity contribution in [2.45, 2.75) is 18.9 Å². The Balaban J connectivity index is 2.43. The molecule has 1 aliphatic heterocycles. The Kier molecular flexibility index (Phi) is 5.13. The lowest BCUT2D eigenvalue weighted by Crippen LogP contribution is -2.45. The summed E-state index contributed by atoms with van der Waals surface area (Å²) in [6.45, 7) is 1.30. The van der Waals surface area contributed by atoms with Gasteiger partial charge in [0.1, 0.15) is 0 Å². The van der Waals surface area contributed by atoms with Crippen molar-refractivity contribution in [1.29, 1.82) is 0 Å². The largest absolute Gasteiger partial charge is 0.394 e. The number of piperidine rings is 1. The van der Waals surface area contributed by atoms with E-state index in [0.29, 0.717) is 32.5 Å². The second-order valence-corrected chi connectivity index (χ2v) is 6.13. The van der Waals surface area contributed by atoms with Gasteiger partial charge in [0, 0.05) is 27.2 Å². The molecule has 0 aromatic heterocycles. The van der Waals surface area contributed by atoms with Gasteiger partial charge in [-0.3, -0.25) is 0 Å². The molecule has 0 unspecified atom stereocenters. The highest BCUT2D eigenvalue weighted by molar-refractivity contribution is 7.86. The van der Waals surface area contributed by atoms with Crippen LogP contribution in [0.3, 0.4) is 0 Å². The van der Waals surface area contributed by atoms with Crippen LogP contribution in [0.25, 0.3) is 0 Å². The average Bonchev–Trinajstić information content (AvgIpc) is 2.26. The first-order valence-corrected chi connectivity index (χ1v) is 6.78. The Morgan fingerprint density at radius 2 is 1.94 bits per heavy atom. The van der Waals surface area contributed by atoms with E-state index in [4.69, 9.17) is 9.84 Å². The van der Waals surface area contributed by atoms with Crippen molar-refractivity contribution in [3.8, 4) is 0 Å². The molecular weight excluding hydrogens is 232 g/mol. The van der Waals surface area contributed by atoms with Crippen LogP contribution in [0.1, 0.15) is 12.8 Å². The zero-order valence-electron chi connectivity index (χ0n) is 9.79. The van der Waals surface area contributed by atoms with Crippen LogP contribution in [0.15, 0.2) is 0 Å². The van der Waals surface area contributed by atoms with Crippen LogP contribution in [-0.2, 0) is 14.9 Å². The van der Waals surface area contributed by atoms with E-state index >= 15 is 0 Å². The summed E-state index contributed by atoms with van der Waals surface area (Å²) in [5, 5.41) is 8.61. The third-order valence-electron chi connectivity index (χ3n) is 2.63. The molecular formula is C9H20N2O4S. The second-order valence-electron chi connectivity index (χ2n) is 3.98. The fraction of sp³-hybridized carbons (Fsp3) is 1.00. The Labute approximate surface area is 97.0 Å². The van der Waals surface area contributed by atoms with Crippen LogP contribution in [0.2, 0.25) is 0 Å². The molecule has 0 atom stereocenters. The number of aliphatic hydroxyl groups is 1. The molecule has 0 spiro atoms. The molecule has 1 aliphatic rings. The maximum absolute atomic E-state index is 11.8. The minimum absolute atomic E-state index is 0.0101. The minimum atomic E-state index is -3.28. The van der Waals surface area contributed by atoms with Crippen LogP contribution in [-0.4, -0.2) is 68.6 Å². The molecule has 1 fully saturated rings. The van der Waals surface area contributed by atoms with Gasteiger partial charge in [-0.2, -0.15) is 17.0 Å². The summed E-state index contributed by atoms with van der Waals surface area (Å²) >= 11 is 0. The molecule has 1 saturated heterocycles. The highest BCUT2D eigenvalue weighted by atomic mass is 32.2.